The number of aliphatic hydroxyl groups is 1. The summed E-state index contributed by atoms with van der Waals surface area (Å²) in [5, 5.41) is 9.16. The van der Waals surface area contributed by atoms with E-state index in [4.69, 9.17) is 16.7 Å². The summed E-state index contributed by atoms with van der Waals surface area (Å²) >= 11 is 5.59. The van der Waals surface area contributed by atoms with Crippen LogP contribution in [0.25, 0.3) is 0 Å². The molecular formula is C6H11ClO. The van der Waals surface area contributed by atoms with Gasteiger partial charge in [-0.3, -0.25) is 0 Å². The molecule has 0 bridgehead atoms. The lowest BCUT2D eigenvalue weighted by Crippen LogP contribution is -1.80. The van der Waals surface area contributed by atoms with Crippen LogP contribution in [-0.4, -0.2) is 11.7 Å². The van der Waals surface area contributed by atoms with Crippen molar-refractivity contribution in [1.82, 2.24) is 0 Å². The number of allylic oxidation sites excluding steroid dienone is 2. The van der Waals surface area contributed by atoms with Gasteiger partial charge in [0.05, 0.1) is 0 Å². The summed E-state index contributed by atoms with van der Waals surface area (Å²) in [5.41, 5.74) is 0. The Balaban J connectivity index is 3.12. The predicted molar refractivity (Wildman–Crippen MR) is 35.9 cm³/mol. The molecule has 0 aromatic rings. The number of rotatable bonds is 3. The smallest absolute Gasteiger partial charge is 0.0434 e. The summed E-state index contributed by atoms with van der Waals surface area (Å²) in [6.07, 6.45) is 3.41. The van der Waals surface area contributed by atoms with E-state index in [0.717, 1.165) is 17.9 Å². The highest BCUT2D eigenvalue weighted by atomic mass is 35.5. The van der Waals surface area contributed by atoms with Crippen molar-refractivity contribution in [2.24, 2.45) is 0 Å². The van der Waals surface area contributed by atoms with Gasteiger partial charge >= 0.3 is 0 Å². The summed E-state index contributed by atoms with van der Waals surface area (Å²) in [5.74, 6) is 0. The van der Waals surface area contributed by atoms with Crippen LogP contribution in [0.15, 0.2) is 11.1 Å². The zero-order valence-electron chi connectivity index (χ0n) is 5.02. The van der Waals surface area contributed by atoms with Crippen molar-refractivity contribution in [3.63, 3.8) is 0 Å². The highest BCUT2D eigenvalue weighted by Gasteiger charge is 1.87. The molecular weight excluding hydrogens is 124 g/mol. The maximum Gasteiger partial charge on any atom is 0.0434 e. The molecule has 2 heteroatoms. The SMILES string of the molecule is C/C=C(/Cl)CCCO. The zero-order chi connectivity index (χ0) is 6.41. The van der Waals surface area contributed by atoms with Crippen LogP contribution >= 0.6 is 11.6 Å². The van der Waals surface area contributed by atoms with E-state index in [1.165, 1.54) is 0 Å². The fourth-order valence-corrected chi connectivity index (χ4v) is 0.526. The van der Waals surface area contributed by atoms with E-state index in [-0.39, 0.29) is 6.61 Å². The minimum absolute atomic E-state index is 0.226. The van der Waals surface area contributed by atoms with Crippen LogP contribution in [0.2, 0.25) is 0 Å². The van der Waals surface area contributed by atoms with Crippen LogP contribution in [0.5, 0.6) is 0 Å². The Morgan fingerprint density at radius 2 is 2.38 bits per heavy atom. The van der Waals surface area contributed by atoms with Gasteiger partial charge < -0.3 is 5.11 Å². The number of hydrogen-bond donors (Lipinski definition) is 1. The van der Waals surface area contributed by atoms with Crippen LogP contribution in [0.3, 0.4) is 0 Å². The van der Waals surface area contributed by atoms with Gasteiger partial charge in [-0.05, 0) is 19.8 Å². The molecule has 0 saturated carbocycles. The Labute approximate surface area is 55.0 Å². The molecule has 0 aliphatic rings. The fourth-order valence-electron chi connectivity index (χ4n) is 0.392. The van der Waals surface area contributed by atoms with Crippen LogP contribution in [0.1, 0.15) is 19.8 Å². The molecule has 0 saturated heterocycles. The molecule has 0 radical (unpaired) electrons. The first-order valence-electron chi connectivity index (χ1n) is 2.72. The average Bonchev–Trinajstić information content (AvgIpc) is 1.83. The third-order valence-electron chi connectivity index (χ3n) is 0.887. The van der Waals surface area contributed by atoms with Crippen molar-refractivity contribution in [3.05, 3.63) is 11.1 Å². The van der Waals surface area contributed by atoms with Crippen molar-refractivity contribution in [3.8, 4) is 0 Å². The van der Waals surface area contributed by atoms with Gasteiger partial charge in [-0.1, -0.05) is 17.7 Å². The first kappa shape index (κ1) is 7.99. The second-order valence-electron chi connectivity index (χ2n) is 1.56. The van der Waals surface area contributed by atoms with Crippen LogP contribution in [0.4, 0.5) is 0 Å². The third-order valence-corrected chi connectivity index (χ3v) is 1.29. The summed E-state index contributed by atoms with van der Waals surface area (Å²) < 4.78 is 0. The maximum absolute atomic E-state index is 8.32. The maximum atomic E-state index is 8.32. The molecule has 0 rings (SSSR count). The molecule has 0 heterocycles. The molecule has 0 aromatic heterocycles. The van der Waals surface area contributed by atoms with E-state index in [1.54, 1.807) is 0 Å². The summed E-state index contributed by atoms with van der Waals surface area (Å²) in [6, 6.07) is 0. The molecule has 0 aliphatic heterocycles. The minimum Gasteiger partial charge on any atom is -0.396 e. The second-order valence-corrected chi connectivity index (χ2v) is 2.05. The average molecular weight is 135 g/mol. The minimum atomic E-state index is 0.226. The largest absolute Gasteiger partial charge is 0.396 e. The zero-order valence-corrected chi connectivity index (χ0v) is 5.78. The molecule has 48 valence electrons. The predicted octanol–water partition coefficient (Wildman–Crippen LogP) is 1.90. The monoisotopic (exact) mass is 134 g/mol. The van der Waals surface area contributed by atoms with Gasteiger partial charge in [-0.15, -0.1) is 0 Å². The molecule has 0 unspecified atom stereocenters. The normalized spacial score (nSPS) is 12.1. The number of aliphatic hydroxyl groups excluding tert-OH is 1. The number of halogens is 1. The van der Waals surface area contributed by atoms with Crippen molar-refractivity contribution in [2.75, 3.05) is 6.61 Å². The van der Waals surface area contributed by atoms with Gasteiger partial charge in [-0.2, -0.15) is 0 Å². The van der Waals surface area contributed by atoms with Crippen LogP contribution in [-0.2, 0) is 0 Å². The molecule has 0 spiro atoms. The quantitative estimate of drug-likeness (QED) is 0.625. The molecule has 8 heavy (non-hydrogen) atoms. The Hall–Kier alpha value is -0.0100. The third kappa shape index (κ3) is 4.16. The molecule has 0 aliphatic carbocycles. The highest BCUT2D eigenvalue weighted by Crippen LogP contribution is 2.07. The van der Waals surface area contributed by atoms with E-state index in [9.17, 15) is 0 Å². The van der Waals surface area contributed by atoms with Gasteiger partial charge in [0.1, 0.15) is 0 Å². The van der Waals surface area contributed by atoms with Gasteiger partial charge in [0.25, 0.3) is 0 Å². The Morgan fingerprint density at radius 1 is 1.75 bits per heavy atom. The van der Waals surface area contributed by atoms with E-state index in [1.807, 2.05) is 13.0 Å². The first-order chi connectivity index (χ1) is 3.81. The lowest BCUT2D eigenvalue weighted by molar-refractivity contribution is 0.289. The topological polar surface area (TPSA) is 20.2 Å². The Kier molecular flexibility index (Phi) is 5.13. The standard InChI is InChI=1S/C6H11ClO/c1-2-6(7)4-3-5-8/h2,8H,3-5H2,1H3/b6-2+. The van der Waals surface area contributed by atoms with E-state index >= 15 is 0 Å². The highest BCUT2D eigenvalue weighted by molar-refractivity contribution is 6.29. The molecule has 1 N–H and O–H groups in total. The van der Waals surface area contributed by atoms with E-state index < -0.39 is 0 Å². The lowest BCUT2D eigenvalue weighted by Gasteiger charge is -1.91. The van der Waals surface area contributed by atoms with Crippen LogP contribution in [0, 0.1) is 0 Å². The summed E-state index contributed by atoms with van der Waals surface area (Å²) in [6.45, 7) is 2.11. The van der Waals surface area contributed by atoms with E-state index in [2.05, 4.69) is 0 Å². The Bertz CT molecular complexity index is 78.6. The first-order valence-corrected chi connectivity index (χ1v) is 3.10. The van der Waals surface area contributed by atoms with Gasteiger partial charge in [0.15, 0.2) is 0 Å². The van der Waals surface area contributed by atoms with Crippen LogP contribution < -0.4 is 0 Å². The second kappa shape index (κ2) is 5.13. The van der Waals surface area contributed by atoms with Crippen molar-refractivity contribution in [2.45, 2.75) is 19.8 Å². The molecule has 0 amide bonds. The van der Waals surface area contributed by atoms with Gasteiger partial charge in [0, 0.05) is 11.6 Å². The summed E-state index contributed by atoms with van der Waals surface area (Å²) in [4.78, 5) is 0. The van der Waals surface area contributed by atoms with E-state index in [0.29, 0.717) is 0 Å². The molecule has 0 aromatic carbocycles. The Morgan fingerprint density at radius 3 is 2.75 bits per heavy atom. The molecule has 0 fully saturated rings. The summed E-state index contributed by atoms with van der Waals surface area (Å²) in [7, 11) is 0. The lowest BCUT2D eigenvalue weighted by atomic mass is 10.3. The van der Waals surface area contributed by atoms with Crippen molar-refractivity contribution in [1.29, 1.82) is 0 Å². The fraction of sp³-hybridized carbons (Fsp3) is 0.667. The molecule has 0 atom stereocenters. The molecule has 1 nitrogen and oxygen atoms in total. The van der Waals surface area contributed by atoms with Gasteiger partial charge in [-0.25, -0.2) is 0 Å². The number of hydrogen-bond acceptors (Lipinski definition) is 1. The van der Waals surface area contributed by atoms with Crippen molar-refractivity contribution < 1.29 is 5.11 Å². The van der Waals surface area contributed by atoms with Crippen molar-refractivity contribution >= 4 is 11.6 Å². The van der Waals surface area contributed by atoms with Gasteiger partial charge in [0.2, 0.25) is 0 Å².